The van der Waals surface area contributed by atoms with Crippen molar-refractivity contribution in [2.75, 3.05) is 6.54 Å². The number of hydrogen-bond acceptors (Lipinski definition) is 3. The number of fused-ring (bicyclic) bond motifs is 1. The van der Waals surface area contributed by atoms with Gasteiger partial charge in [0.05, 0.1) is 5.92 Å². The van der Waals surface area contributed by atoms with Crippen LogP contribution in [-0.2, 0) is 0 Å². The molecule has 0 aliphatic carbocycles. The van der Waals surface area contributed by atoms with Gasteiger partial charge in [-0.2, -0.15) is 5.10 Å². The van der Waals surface area contributed by atoms with E-state index in [1.165, 1.54) is 0 Å². The number of hydrogen-bond donors (Lipinski definition) is 1. The maximum Gasteiger partial charge on any atom is 0.209 e. The Bertz CT molecular complexity index is 900. The normalized spacial score (nSPS) is 16.9. The molecule has 0 saturated heterocycles. The zero-order valence-corrected chi connectivity index (χ0v) is 12.6. The van der Waals surface area contributed by atoms with Crippen LogP contribution in [0.25, 0.3) is 10.8 Å². The fraction of sp³-hybridized carbons (Fsp3) is 0.100. The second-order valence-electron chi connectivity index (χ2n) is 5.71. The Morgan fingerprint density at radius 1 is 0.913 bits per heavy atom. The average molecular weight is 300 g/mol. The number of benzene rings is 3. The molecule has 0 amide bonds. The molecule has 0 spiro atoms. The third kappa shape index (κ3) is 2.50. The van der Waals surface area contributed by atoms with E-state index >= 15 is 0 Å². The third-order valence-corrected chi connectivity index (χ3v) is 4.27. The van der Waals surface area contributed by atoms with Gasteiger partial charge < -0.3 is 5.43 Å². The lowest BCUT2D eigenvalue weighted by Crippen LogP contribution is -2.21. The Balaban J connectivity index is 1.69. The average Bonchev–Trinajstić information content (AvgIpc) is 3.11. The van der Waals surface area contributed by atoms with E-state index in [0.717, 1.165) is 16.3 Å². The predicted octanol–water partition coefficient (Wildman–Crippen LogP) is 3.77. The molecule has 4 rings (SSSR count). The lowest BCUT2D eigenvalue weighted by atomic mass is 9.90. The SMILES string of the molecule is O=C(C1=NNC[C@@H]1c1ccccc1)c1ccc2ccccc2c1. The zero-order valence-electron chi connectivity index (χ0n) is 12.6. The number of Topliss-reactive ketones (excluding diaryl/α,β-unsaturated/α-hetero) is 1. The van der Waals surface area contributed by atoms with E-state index in [1.807, 2.05) is 72.8 Å². The molecule has 3 heteroatoms. The molecule has 0 bridgehead atoms. The number of nitrogens with zero attached hydrogens (tertiary/aromatic N) is 1. The van der Waals surface area contributed by atoms with Crippen molar-refractivity contribution in [2.45, 2.75) is 5.92 Å². The molecule has 0 unspecified atom stereocenters. The Morgan fingerprint density at radius 3 is 2.48 bits per heavy atom. The molecule has 23 heavy (non-hydrogen) atoms. The van der Waals surface area contributed by atoms with Crippen molar-refractivity contribution in [1.29, 1.82) is 0 Å². The van der Waals surface area contributed by atoms with Crippen LogP contribution >= 0.6 is 0 Å². The summed E-state index contributed by atoms with van der Waals surface area (Å²) in [6.07, 6.45) is 0. The third-order valence-electron chi connectivity index (χ3n) is 4.27. The molecule has 3 nitrogen and oxygen atoms in total. The Hall–Kier alpha value is -2.94. The van der Waals surface area contributed by atoms with Gasteiger partial charge in [0.1, 0.15) is 5.71 Å². The highest BCUT2D eigenvalue weighted by molar-refractivity contribution is 6.48. The Kier molecular flexibility index (Phi) is 3.39. The molecule has 0 fully saturated rings. The van der Waals surface area contributed by atoms with Crippen LogP contribution in [0.15, 0.2) is 77.9 Å². The summed E-state index contributed by atoms with van der Waals surface area (Å²) in [7, 11) is 0. The smallest absolute Gasteiger partial charge is 0.209 e. The fourth-order valence-corrected chi connectivity index (χ4v) is 3.05. The van der Waals surface area contributed by atoms with Crippen molar-refractivity contribution in [3.05, 3.63) is 83.9 Å². The van der Waals surface area contributed by atoms with Crippen LogP contribution in [0.4, 0.5) is 0 Å². The van der Waals surface area contributed by atoms with Gasteiger partial charge in [0.2, 0.25) is 5.78 Å². The van der Waals surface area contributed by atoms with Crippen molar-refractivity contribution >= 4 is 22.3 Å². The molecular weight excluding hydrogens is 284 g/mol. The summed E-state index contributed by atoms with van der Waals surface area (Å²) in [5.74, 6) is 0.00442. The molecule has 1 aliphatic heterocycles. The molecule has 0 radical (unpaired) electrons. The first-order valence-corrected chi connectivity index (χ1v) is 7.72. The van der Waals surface area contributed by atoms with E-state index in [-0.39, 0.29) is 11.7 Å². The summed E-state index contributed by atoms with van der Waals surface area (Å²) in [5, 5.41) is 6.47. The van der Waals surface area contributed by atoms with Gasteiger partial charge in [-0.05, 0) is 22.4 Å². The first-order chi connectivity index (χ1) is 11.3. The molecule has 112 valence electrons. The van der Waals surface area contributed by atoms with Gasteiger partial charge in [0.15, 0.2) is 0 Å². The standard InChI is InChI=1S/C20H16N2O/c23-20(17-11-10-14-6-4-5-9-16(14)12-17)19-18(13-21-22-19)15-7-2-1-3-8-15/h1-12,18,21H,13H2/t18-/m1/s1. The number of rotatable bonds is 3. The zero-order chi connectivity index (χ0) is 15.6. The van der Waals surface area contributed by atoms with Crippen LogP contribution in [0.1, 0.15) is 21.8 Å². The predicted molar refractivity (Wildman–Crippen MR) is 92.9 cm³/mol. The van der Waals surface area contributed by atoms with Crippen LogP contribution in [0.2, 0.25) is 0 Å². The number of ketones is 1. The van der Waals surface area contributed by atoms with E-state index in [1.54, 1.807) is 0 Å². The van der Waals surface area contributed by atoms with E-state index in [4.69, 9.17) is 0 Å². The number of hydrazone groups is 1. The summed E-state index contributed by atoms with van der Waals surface area (Å²) >= 11 is 0. The largest absolute Gasteiger partial charge is 0.309 e. The van der Waals surface area contributed by atoms with Crippen molar-refractivity contribution in [3.63, 3.8) is 0 Å². The lowest BCUT2D eigenvalue weighted by molar-refractivity contribution is 0.106. The molecule has 3 aromatic carbocycles. The quantitative estimate of drug-likeness (QED) is 0.748. The van der Waals surface area contributed by atoms with Crippen LogP contribution in [0.5, 0.6) is 0 Å². The summed E-state index contributed by atoms with van der Waals surface area (Å²) in [6.45, 7) is 0.665. The minimum atomic E-state index is -0.00499. The van der Waals surface area contributed by atoms with E-state index in [2.05, 4.69) is 10.5 Å². The first-order valence-electron chi connectivity index (χ1n) is 7.72. The van der Waals surface area contributed by atoms with Crippen LogP contribution in [-0.4, -0.2) is 18.0 Å². The van der Waals surface area contributed by atoms with Crippen molar-refractivity contribution < 1.29 is 4.79 Å². The van der Waals surface area contributed by atoms with Crippen molar-refractivity contribution in [2.24, 2.45) is 5.10 Å². The topological polar surface area (TPSA) is 41.5 Å². The first kappa shape index (κ1) is 13.7. The summed E-state index contributed by atoms with van der Waals surface area (Å²) in [6, 6.07) is 23.9. The Labute approximate surface area is 134 Å². The lowest BCUT2D eigenvalue weighted by Gasteiger charge is -2.11. The second kappa shape index (κ2) is 5.69. The molecule has 1 heterocycles. The summed E-state index contributed by atoms with van der Waals surface area (Å²) in [5.41, 5.74) is 5.37. The molecule has 0 aromatic heterocycles. The molecule has 3 aromatic rings. The maximum absolute atomic E-state index is 12.9. The molecule has 1 N–H and O–H groups in total. The minimum Gasteiger partial charge on any atom is -0.309 e. The summed E-state index contributed by atoms with van der Waals surface area (Å²) < 4.78 is 0. The number of carbonyl (C=O) groups excluding carboxylic acids is 1. The monoisotopic (exact) mass is 300 g/mol. The van der Waals surface area contributed by atoms with Crippen LogP contribution < -0.4 is 5.43 Å². The van der Waals surface area contributed by atoms with Gasteiger partial charge in [0.25, 0.3) is 0 Å². The number of carbonyl (C=O) groups is 1. The minimum absolute atomic E-state index is 0.00499. The van der Waals surface area contributed by atoms with Crippen LogP contribution in [0.3, 0.4) is 0 Å². The number of nitrogens with one attached hydrogen (secondary N) is 1. The van der Waals surface area contributed by atoms with Crippen LogP contribution in [0, 0.1) is 0 Å². The van der Waals surface area contributed by atoms with Gasteiger partial charge in [-0.3, -0.25) is 4.79 Å². The van der Waals surface area contributed by atoms with Gasteiger partial charge >= 0.3 is 0 Å². The highest BCUT2D eigenvalue weighted by Crippen LogP contribution is 2.24. The van der Waals surface area contributed by atoms with Gasteiger partial charge in [-0.25, -0.2) is 0 Å². The van der Waals surface area contributed by atoms with E-state index in [9.17, 15) is 4.79 Å². The molecule has 1 atom stereocenters. The van der Waals surface area contributed by atoms with E-state index in [0.29, 0.717) is 17.8 Å². The second-order valence-corrected chi connectivity index (χ2v) is 5.71. The molecule has 0 saturated carbocycles. The summed E-state index contributed by atoms with van der Waals surface area (Å²) in [4.78, 5) is 12.9. The Morgan fingerprint density at radius 2 is 1.65 bits per heavy atom. The van der Waals surface area contributed by atoms with Gasteiger partial charge in [-0.1, -0.05) is 66.7 Å². The highest BCUT2D eigenvalue weighted by Gasteiger charge is 2.29. The molecular formula is C20H16N2O. The highest BCUT2D eigenvalue weighted by atomic mass is 16.1. The van der Waals surface area contributed by atoms with E-state index < -0.39 is 0 Å². The van der Waals surface area contributed by atoms with Crippen molar-refractivity contribution in [1.82, 2.24) is 5.43 Å². The van der Waals surface area contributed by atoms with Crippen molar-refractivity contribution in [3.8, 4) is 0 Å². The molecule has 1 aliphatic rings. The van der Waals surface area contributed by atoms with Gasteiger partial charge in [0, 0.05) is 12.1 Å². The fourth-order valence-electron chi connectivity index (χ4n) is 3.05. The maximum atomic E-state index is 12.9. The van der Waals surface area contributed by atoms with Gasteiger partial charge in [-0.15, -0.1) is 0 Å².